The average molecular weight is 263 g/mol. The summed E-state index contributed by atoms with van der Waals surface area (Å²) in [5, 5.41) is 3.16. The van der Waals surface area contributed by atoms with Crippen molar-refractivity contribution in [2.24, 2.45) is 0 Å². The number of nitrogens with one attached hydrogen (secondary N) is 1. The van der Waals surface area contributed by atoms with Crippen LogP contribution in [0.15, 0.2) is 12.3 Å². The highest BCUT2D eigenvalue weighted by Crippen LogP contribution is 2.15. The second kappa shape index (κ2) is 8.22. The van der Waals surface area contributed by atoms with Crippen molar-refractivity contribution in [2.45, 2.75) is 6.42 Å². The number of hydrogen-bond donors (Lipinski definition) is 1. The van der Waals surface area contributed by atoms with E-state index in [4.69, 9.17) is 21.1 Å². The Bertz CT molecular complexity index is 339. The lowest BCUT2D eigenvalue weighted by molar-refractivity contribution is 0.0705. The van der Waals surface area contributed by atoms with E-state index < -0.39 is 5.82 Å². The van der Waals surface area contributed by atoms with Gasteiger partial charge in [0.1, 0.15) is 0 Å². The topological polar surface area (TPSA) is 43.4 Å². The van der Waals surface area contributed by atoms with E-state index in [2.05, 4.69) is 10.3 Å². The standard InChI is InChI=1S/C11H16ClFN2O2/c1-16-5-6-17-4-2-3-14-11-10(13)7-9(12)8-15-11/h7-8H,2-6H2,1H3,(H,14,15). The van der Waals surface area contributed by atoms with E-state index in [0.717, 1.165) is 6.42 Å². The number of aromatic nitrogens is 1. The van der Waals surface area contributed by atoms with Gasteiger partial charge in [-0.3, -0.25) is 0 Å². The van der Waals surface area contributed by atoms with E-state index >= 15 is 0 Å². The lowest BCUT2D eigenvalue weighted by Gasteiger charge is -2.07. The van der Waals surface area contributed by atoms with E-state index in [9.17, 15) is 4.39 Å². The molecule has 0 aromatic carbocycles. The maximum atomic E-state index is 13.3. The molecule has 0 aliphatic heterocycles. The predicted molar refractivity (Wildman–Crippen MR) is 65.0 cm³/mol. The Labute approximate surface area is 105 Å². The van der Waals surface area contributed by atoms with Gasteiger partial charge >= 0.3 is 0 Å². The molecule has 0 saturated heterocycles. The van der Waals surface area contributed by atoms with Gasteiger partial charge in [0.15, 0.2) is 11.6 Å². The second-order valence-corrected chi connectivity index (χ2v) is 3.81. The first-order valence-corrected chi connectivity index (χ1v) is 5.73. The molecule has 96 valence electrons. The Morgan fingerprint density at radius 1 is 1.41 bits per heavy atom. The number of nitrogens with zero attached hydrogens (tertiary/aromatic N) is 1. The van der Waals surface area contributed by atoms with Crippen LogP contribution in [0.4, 0.5) is 10.2 Å². The molecule has 0 aliphatic carbocycles. The smallest absolute Gasteiger partial charge is 0.166 e. The SMILES string of the molecule is COCCOCCCNc1ncc(Cl)cc1F. The van der Waals surface area contributed by atoms with Gasteiger partial charge in [0.2, 0.25) is 0 Å². The highest BCUT2D eigenvalue weighted by molar-refractivity contribution is 6.30. The molecule has 6 heteroatoms. The number of rotatable bonds is 8. The van der Waals surface area contributed by atoms with Crippen LogP contribution in [0.1, 0.15) is 6.42 Å². The molecule has 0 amide bonds. The van der Waals surface area contributed by atoms with Crippen molar-refractivity contribution in [3.63, 3.8) is 0 Å². The first-order valence-electron chi connectivity index (χ1n) is 5.35. The zero-order chi connectivity index (χ0) is 12.5. The van der Waals surface area contributed by atoms with Crippen LogP contribution in [0.3, 0.4) is 0 Å². The van der Waals surface area contributed by atoms with Gasteiger partial charge < -0.3 is 14.8 Å². The predicted octanol–water partition coefficient (Wildman–Crippen LogP) is 2.34. The van der Waals surface area contributed by atoms with Gasteiger partial charge in [-0.15, -0.1) is 0 Å². The quantitative estimate of drug-likeness (QED) is 0.731. The van der Waals surface area contributed by atoms with Gasteiger partial charge in [0.05, 0.1) is 18.2 Å². The molecule has 0 fully saturated rings. The Morgan fingerprint density at radius 2 is 2.24 bits per heavy atom. The molecule has 0 spiro atoms. The van der Waals surface area contributed by atoms with Gasteiger partial charge in [-0.05, 0) is 12.5 Å². The second-order valence-electron chi connectivity index (χ2n) is 3.37. The van der Waals surface area contributed by atoms with Crippen molar-refractivity contribution in [3.05, 3.63) is 23.1 Å². The number of hydrogen-bond acceptors (Lipinski definition) is 4. The van der Waals surface area contributed by atoms with Crippen LogP contribution < -0.4 is 5.32 Å². The largest absolute Gasteiger partial charge is 0.382 e. The molecule has 0 unspecified atom stereocenters. The first-order chi connectivity index (χ1) is 8.24. The fourth-order valence-corrected chi connectivity index (χ4v) is 1.31. The zero-order valence-electron chi connectivity index (χ0n) is 9.71. The summed E-state index contributed by atoms with van der Waals surface area (Å²) >= 11 is 5.59. The highest BCUT2D eigenvalue weighted by Gasteiger charge is 2.03. The minimum atomic E-state index is -0.446. The van der Waals surface area contributed by atoms with E-state index in [1.54, 1.807) is 7.11 Å². The van der Waals surface area contributed by atoms with Crippen molar-refractivity contribution in [1.82, 2.24) is 4.98 Å². The number of pyridine rings is 1. The van der Waals surface area contributed by atoms with Crippen LogP contribution in [0.5, 0.6) is 0 Å². The molecular weight excluding hydrogens is 247 g/mol. The van der Waals surface area contributed by atoms with Crippen LogP contribution in [-0.2, 0) is 9.47 Å². The van der Waals surface area contributed by atoms with Gasteiger partial charge in [-0.25, -0.2) is 9.37 Å². The number of anilines is 1. The van der Waals surface area contributed by atoms with Crippen molar-refractivity contribution in [2.75, 3.05) is 38.8 Å². The van der Waals surface area contributed by atoms with Gasteiger partial charge in [-0.1, -0.05) is 11.6 Å². The van der Waals surface area contributed by atoms with Gasteiger partial charge in [0.25, 0.3) is 0 Å². The molecule has 0 saturated carbocycles. The molecule has 0 bridgehead atoms. The lowest BCUT2D eigenvalue weighted by Crippen LogP contribution is -2.10. The number of ether oxygens (including phenoxy) is 2. The monoisotopic (exact) mass is 262 g/mol. The molecule has 1 aromatic rings. The maximum absolute atomic E-state index is 13.3. The summed E-state index contributed by atoms with van der Waals surface area (Å²) in [6, 6.07) is 1.23. The molecular formula is C11H16ClFN2O2. The Morgan fingerprint density at radius 3 is 2.94 bits per heavy atom. The summed E-state index contributed by atoms with van der Waals surface area (Å²) in [7, 11) is 1.62. The minimum absolute atomic E-state index is 0.214. The third kappa shape index (κ3) is 5.81. The van der Waals surface area contributed by atoms with Crippen molar-refractivity contribution < 1.29 is 13.9 Å². The van der Waals surface area contributed by atoms with Crippen LogP contribution in [0, 0.1) is 5.82 Å². The Hall–Kier alpha value is -0.910. The van der Waals surface area contributed by atoms with Crippen molar-refractivity contribution >= 4 is 17.4 Å². The molecule has 1 heterocycles. The lowest BCUT2D eigenvalue weighted by atomic mass is 10.4. The molecule has 1 rings (SSSR count). The average Bonchev–Trinajstić information content (AvgIpc) is 2.30. The molecule has 17 heavy (non-hydrogen) atoms. The maximum Gasteiger partial charge on any atom is 0.166 e. The van der Waals surface area contributed by atoms with Gasteiger partial charge in [-0.2, -0.15) is 0 Å². The van der Waals surface area contributed by atoms with Gasteiger partial charge in [0, 0.05) is 26.5 Å². The van der Waals surface area contributed by atoms with Crippen molar-refractivity contribution in [1.29, 1.82) is 0 Å². The molecule has 0 atom stereocenters. The van der Waals surface area contributed by atoms with E-state index in [1.807, 2.05) is 0 Å². The third-order valence-corrected chi connectivity index (χ3v) is 2.20. The fraction of sp³-hybridized carbons (Fsp3) is 0.545. The molecule has 1 N–H and O–H groups in total. The summed E-state index contributed by atoms with van der Waals surface area (Å²) in [6.45, 7) is 2.36. The Kier molecular flexibility index (Phi) is 6.84. The van der Waals surface area contributed by atoms with E-state index in [1.165, 1.54) is 12.3 Å². The number of methoxy groups -OCH3 is 1. The summed E-state index contributed by atoms with van der Waals surface area (Å²) in [4.78, 5) is 3.85. The fourth-order valence-electron chi connectivity index (χ4n) is 1.17. The third-order valence-electron chi connectivity index (χ3n) is 2.00. The summed E-state index contributed by atoms with van der Waals surface area (Å²) in [5.74, 6) is -0.232. The molecule has 0 aliphatic rings. The minimum Gasteiger partial charge on any atom is -0.382 e. The van der Waals surface area contributed by atoms with E-state index in [0.29, 0.717) is 26.4 Å². The van der Waals surface area contributed by atoms with Crippen LogP contribution >= 0.6 is 11.6 Å². The zero-order valence-corrected chi connectivity index (χ0v) is 10.5. The summed E-state index contributed by atoms with van der Waals surface area (Å²) < 4.78 is 23.4. The first kappa shape index (κ1) is 14.2. The van der Waals surface area contributed by atoms with Crippen LogP contribution in [0.2, 0.25) is 5.02 Å². The van der Waals surface area contributed by atoms with Crippen molar-refractivity contribution in [3.8, 4) is 0 Å². The molecule has 4 nitrogen and oxygen atoms in total. The van der Waals surface area contributed by atoms with Crippen LogP contribution in [0.25, 0.3) is 0 Å². The molecule has 1 aromatic heterocycles. The normalized spacial score (nSPS) is 10.5. The number of halogens is 2. The summed E-state index contributed by atoms with van der Waals surface area (Å²) in [6.07, 6.45) is 2.18. The molecule has 0 radical (unpaired) electrons. The van der Waals surface area contributed by atoms with Crippen LogP contribution in [-0.4, -0.2) is 38.5 Å². The Balaban J connectivity index is 2.14. The summed E-state index contributed by atoms with van der Waals surface area (Å²) in [5.41, 5.74) is 0. The highest BCUT2D eigenvalue weighted by atomic mass is 35.5. The van der Waals surface area contributed by atoms with E-state index in [-0.39, 0.29) is 10.8 Å².